The lowest BCUT2D eigenvalue weighted by Crippen LogP contribution is -2.15. The van der Waals surface area contributed by atoms with Gasteiger partial charge in [-0.05, 0) is 47.4 Å². The van der Waals surface area contributed by atoms with Crippen LogP contribution in [0.25, 0.3) is 27.6 Å². The van der Waals surface area contributed by atoms with Crippen molar-refractivity contribution in [2.75, 3.05) is 18.1 Å². The number of carbonyl (C=O) groups excluding carboxylic acids is 1. The zero-order chi connectivity index (χ0) is 25.5. The second-order valence-electron chi connectivity index (χ2n) is 9.60. The first-order chi connectivity index (χ1) is 16.4. The van der Waals surface area contributed by atoms with Gasteiger partial charge in [0.1, 0.15) is 11.6 Å². The van der Waals surface area contributed by atoms with Crippen molar-refractivity contribution in [1.29, 1.82) is 0 Å². The maximum Gasteiger partial charge on any atom is 0.229 e. The summed E-state index contributed by atoms with van der Waals surface area (Å²) in [5.74, 6) is 0.0266. The summed E-state index contributed by atoms with van der Waals surface area (Å²) in [5.41, 5.74) is 4.02. The molecule has 8 heteroatoms. The predicted molar refractivity (Wildman–Crippen MR) is 138 cm³/mol. The molecular formula is C27H27FN2O4S. The van der Waals surface area contributed by atoms with Crippen LogP contribution in [0, 0.1) is 0 Å². The number of rotatable bonds is 5. The lowest BCUT2D eigenvalue weighted by atomic mass is 9.81. The molecule has 0 aliphatic heterocycles. The van der Waals surface area contributed by atoms with Gasteiger partial charge >= 0.3 is 0 Å². The second-order valence-corrected chi connectivity index (χ2v) is 11.3. The number of allylic oxidation sites excluding steroid dienone is 4. The Kier molecular flexibility index (Phi) is 6.27. The van der Waals surface area contributed by atoms with Crippen LogP contribution in [0.1, 0.15) is 38.3 Å². The summed E-state index contributed by atoms with van der Waals surface area (Å²) in [6.07, 6.45) is 5.32. The third-order valence-corrected chi connectivity index (χ3v) is 6.42. The van der Waals surface area contributed by atoms with E-state index in [1.54, 1.807) is 37.6 Å². The Bertz CT molecular complexity index is 1500. The number of hydrogen-bond acceptors (Lipinski definition) is 5. The highest BCUT2D eigenvalue weighted by Gasteiger charge is 2.27. The van der Waals surface area contributed by atoms with Gasteiger partial charge in [-0.1, -0.05) is 32.9 Å². The number of nitrogens with zero attached hydrogens (tertiary/aromatic N) is 1. The van der Waals surface area contributed by atoms with Crippen LogP contribution in [0.3, 0.4) is 0 Å². The van der Waals surface area contributed by atoms with Crippen molar-refractivity contribution >= 4 is 38.0 Å². The van der Waals surface area contributed by atoms with Gasteiger partial charge in [0.25, 0.3) is 0 Å². The molecular weight excluding hydrogens is 467 g/mol. The molecule has 0 atom stereocenters. The summed E-state index contributed by atoms with van der Waals surface area (Å²) in [4.78, 5) is 17.4. The molecule has 0 saturated carbocycles. The molecule has 1 aliphatic rings. The number of anilines is 1. The van der Waals surface area contributed by atoms with Crippen molar-refractivity contribution in [1.82, 2.24) is 4.98 Å². The molecule has 1 aromatic heterocycles. The standard InChI is InChI=1S/C27H27FN2O4S/c1-27(2,3)23-14-21(20-13-18(28)8-11-24(20)31)25-22(26(23)34-4)12-17(15-29-25)16-6-9-19(10-7-16)30-35(5,32)33/h6-10,12-15,30H,11H2,1-5H3. The van der Waals surface area contributed by atoms with Crippen molar-refractivity contribution in [2.45, 2.75) is 32.6 Å². The largest absolute Gasteiger partial charge is 0.496 e. The van der Waals surface area contributed by atoms with Gasteiger partial charge in [0, 0.05) is 46.0 Å². The van der Waals surface area contributed by atoms with Crippen LogP contribution in [0.2, 0.25) is 0 Å². The van der Waals surface area contributed by atoms with Crippen LogP contribution < -0.4 is 9.46 Å². The molecule has 1 aliphatic carbocycles. The smallest absolute Gasteiger partial charge is 0.229 e. The lowest BCUT2D eigenvalue weighted by Gasteiger charge is -2.25. The Morgan fingerprint density at radius 2 is 1.77 bits per heavy atom. The first-order valence-corrected chi connectivity index (χ1v) is 13.0. The number of ketones is 1. The molecule has 0 amide bonds. The highest BCUT2D eigenvalue weighted by atomic mass is 32.2. The van der Waals surface area contributed by atoms with E-state index < -0.39 is 15.9 Å². The van der Waals surface area contributed by atoms with Crippen molar-refractivity contribution in [3.8, 4) is 16.9 Å². The fraction of sp³-hybridized carbons (Fsp3) is 0.259. The molecule has 0 saturated heterocycles. The fourth-order valence-corrected chi connectivity index (χ4v) is 4.73. The topological polar surface area (TPSA) is 85.4 Å². The molecule has 1 heterocycles. The third-order valence-electron chi connectivity index (χ3n) is 5.81. The zero-order valence-electron chi connectivity index (χ0n) is 20.3. The summed E-state index contributed by atoms with van der Waals surface area (Å²) in [6, 6.07) is 10.8. The minimum atomic E-state index is -3.38. The number of hydrogen-bond donors (Lipinski definition) is 1. The maximum absolute atomic E-state index is 14.1. The fourth-order valence-electron chi connectivity index (χ4n) is 4.17. The molecule has 1 N–H and O–H groups in total. The number of pyridine rings is 1. The van der Waals surface area contributed by atoms with E-state index >= 15 is 0 Å². The van der Waals surface area contributed by atoms with Crippen LogP contribution >= 0.6 is 0 Å². The first kappa shape index (κ1) is 24.6. The molecule has 0 radical (unpaired) electrons. The van der Waals surface area contributed by atoms with Crippen LogP contribution in [-0.4, -0.2) is 32.6 Å². The van der Waals surface area contributed by atoms with E-state index in [0.29, 0.717) is 33.5 Å². The number of nitrogens with one attached hydrogen (secondary N) is 1. The van der Waals surface area contributed by atoms with Gasteiger partial charge in [0.05, 0.1) is 18.9 Å². The van der Waals surface area contributed by atoms with E-state index in [4.69, 9.17) is 4.74 Å². The average Bonchev–Trinajstić information content (AvgIpc) is 2.78. The van der Waals surface area contributed by atoms with E-state index in [1.807, 2.05) is 32.9 Å². The average molecular weight is 495 g/mol. The molecule has 2 aromatic carbocycles. The maximum atomic E-state index is 14.1. The molecule has 0 spiro atoms. The second kappa shape index (κ2) is 8.92. The zero-order valence-corrected chi connectivity index (χ0v) is 21.1. The summed E-state index contributed by atoms with van der Waals surface area (Å²) in [6.45, 7) is 6.13. The summed E-state index contributed by atoms with van der Waals surface area (Å²) in [7, 11) is -1.78. The van der Waals surface area contributed by atoms with Crippen molar-refractivity contribution in [2.24, 2.45) is 0 Å². The lowest BCUT2D eigenvalue weighted by molar-refractivity contribution is -0.113. The number of carbonyl (C=O) groups is 1. The molecule has 3 aromatic rings. The van der Waals surface area contributed by atoms with Gasteiger partial charge in [-0.3, -0.25) is 14.5 Å². The number of fused-ring (bicyclic) bond motifs is 1. The Labute approximate surface area is 204 Å². The molecule has 35 heavy (non-hydrogen) atoms. The van der Waals surface area contributed by atoms with E-state index in [0.717, 1.165) is 22.9 Å². The van der Waals surface area contributed by atoms with E-state index in [2.05, 4.69) is 9.71 Å². The first-order valence-electron chi connectivity index (χ1n) is 11.1. The van der Waals surface area contributed by atoms with Crippen molar-refractivity contribution < 1.29 is 22.3 Å². The number of Topliss-reactive ketones (excluding diaryl/α,β-unsaturated/α-hetero) is 1. The quantitative estimate of drug-likeness (QED) is 0.485. The minimum Gasteiger partial charge on any atom is -0.496 e. The van der Waals surface area contributed by atoms with Gasteiger partial charge in [0.2, 0.25) is 10.0 Å². The predicted octanol–water partition coefficient (Wildman–Crippen LogP) is 5.79. The van der Waals surface area contributed by atoms with Crippen LogP contribution in [-0.2, 0) is 20.2 Å². The van der Waals surface area contributed by atoms with Crippen molar-refractivity contribution in [3.05, 3.63) is 71.7 Å². The summed E-state index contributed by atoms with van der Waals surface area (Å²) < 4.78 is 45.4. The highest BCUT2D eigenvalue weighted by molar-refractivity contribution is 7.92. The van der Waals surface area contributed by atoms with Crippen molar-refractivity contribution in [3.63, 3.8) is 0 Å². The number of ether oxygens (including phenoxy) is 1. The third kappa shape index (κ3) is 5.12. The SMILES string of the molecule is COc1c(C(C)(C)C)cc(C2=CC(F)=CCC2=O)c2ncc(-c3ccc(NS(C)(=O)=O)cc3)cc12. The molecule has 4 rings (SSSR count). The minimum absolute atomic E-state index is 0.00197. The monoisotopic (exact) mass is 494 g/mol. The number of sulfonamides is 1. The normalized spacial score (nSPS) is 14.5. The van der Waals surface area contributed by atoms with E-state index in [1.165, 1.54) is 12.2 Å². The van der Waals surface area contributed by atoms with E-state index in [-0.39, 0.29) is 17.6 Å². The van der Waals surface area contributed by atoms with Gasteiger partial charge in [-0.15, -0.1) is 0 Å². The van der Waals surface area contributed by atoms with Crippen LogP contribution in [0.15, 0.2) is 60.6 Å². The number of methoxy groups -OCH3 is 1. The number of aromatic nitrogens is 1. The molecule has 0 fully saturated rings. The van der Waals surface area contributed by atoms with Gasteiger partial charge in [0.15, 0.2) is 5.78 Å². The number of benzene rings is 2. The molecule has 182 valence electrons. The van der Waals surface area contributed by atoms with Crippen LogP contribution in [0.4, 0.5) is 10.1 Å². The molecule has 6 nitrogen and oxygen atoms in total. The highest BCUT2D eigenvalue weighted by Crippen LogP contribution is 2.42. The Hall–Kier alpha value is -3.52. The van der Waals surface area contributed by atoms with Gasteiger partial charge in [-0.2, -0.15) is 0 Å². The van der Waals surface area contributed by atoms with Crippen LogP contribution in [0.5, 0.6) is 5.75 Å². The Balaban J connectivity index is 1.94. The summed E-state index contributed by atoms with van der Waals surface area (Å²) >= 11 is 0. The Morgan fingerprint density at radius 1 is 1.09 bits per heavy atom. The van der Waals surface area contributed by atoms with Gasteiger partial charge < -0.3 is 4.74 Å². The summed E-state index contributed by atoms with van der Waals surface area (Å²) in [5, 5.41) is 0.703. The Morgan fingerprint density at radius 3 is 2.37 bits per heavy atom. The molecule has 0 bridgehead atoms. The number of halogens is 1. The molecule has 0 unspecified atom stereocenters. The van der Waals surface area contributed by atoms with Gasteiger partial charge in [-0.25, -0.2) is 12.8 Å². The van der Waals surface area contributed by atoms with E-state index in [9.17, 15) is 17.6 Å².